The lowest BCUT2D eigenvalue weighted by Crippen LogP contribution is -2.38. The fraction of sp³-hybridized carbons (Fsp3) is 0.316. The largest absolute Gasteiger partial charge is 0.491 e. The number of ether oxygens (including phenoxy) is 1. The van der Waals surface area contributed by atoms with Crippen LogP contribution in [0.1, 0.15) is 23.7 Å². The van der Waals surface area contributed by atoms with E-state index in [0.717, 1.165) is 16.9 Å². The fourth-order valence-corrected chi connectivity index (χ4v) is 2.27. The molecule has 1 unspecified atom stereocenters. The maximum absolute atomic E-state index is 11.7. The van der Waals surface area contributed by atoms with Gasteiger partial charge in [0, 0.05) is 6.54 Å². The number of aliphatic hydroxyl groups excluding tert-OH is 1. The lowest BCUT2D eigenvalue weighted by atomic mass is 10.1. The summed E-state index contributed by atoms with van der Waals surface area (Å²) in [5.41, 5.74) is 1.92. The van der Waals surface area contributed by atoms with Crippen LogP contribution in [0, 0.1) is 6.92 Å². The quantitative estimate of drug-likeness (QED) is 0.653. The molecule has 0 spiro atoms. The molecule has 0 aliphatic heterocycles. The van der Waals surface area contributed by atoms with Gasteiger partial charge < -0.3 is 20.5 Å². The second-order valence-electron chi connectivity index (χ2n) is 5.51. The summed E-state index contributed by atoms with van der Waals surface area (Å²) in [7, 11) is 0. The highest BCUT2D eigenvalue weighted by atomic mass is 16.5. The number of amides is 2. The molecule has 24 heavy (non-hydrogen) atoms. The van der Waals surface area contributed by atoms with E-state index in [1.54, 1.807) is 0 Å². The highest BCUT2D eigenvalue weighted by Gasteiger charge is 2.07. The molecule has 0 radical (unpaired) electrons. The van der Waals surface area contributed by atoms with Crippen LogP contribution in [0.25, 0.3) is 0 Å². The molecule has 2 rings (SSSR count). The van der Waals surface area contributed by atoms with Crippen LogP contribution in [0.3, 0.4) is 0 Å². The summed E-state index contributed by atoms with van der Waals surface area (Å²) in [5.74, 6) is 0.825. The number of rotatable bonds is 8. The predicted octanol–water partition coefficient (Wildman–Crippen LogP) is 2.80. The molecule has 2 aromatic rings. The molecule has 5 nitrogen and oxygen atoms in total. The summed E-state index contributed by atoms with van der Waals surface area (Å²) in [6.45, 7) is 3.21. The third kappa shape index (κ3) is 5.93. The van der Waals surface area contributed by atoms with Crippen LogP contribution in [0.2, 0.25) is 0 Å². The molecule has 0 aromatic heterocycles. The van der Waals surface area contributed by atoms with E-state index in [1.807, 2.05) is 61.5 Å². The minimum Gasteiger partial charge on any atom is -0.491 e. The summed E-state index contributed by atoms with van der Waals surface area (Å²) < 4.78 is 5.61. The number of urea groups is 1. The Hall–Kier alpha value is -2.53. The Morgan fingerprint density at radius 3 is 2.46 bits per heavy atom. The first-order valence-electron chi connectivity index (χ1n) is 8.10. The summed E-state index contributed by atoms with van der Waals surface area (Å²) in [5, 5.41) is 15.5. The first kappa shape index (κ1) is 17.8. The van der Waals surface area contributed by atoms with E-state index in [1.165, 1.54) is 0 Å². The summed E-state index contributed by atoms with van der Waals surface area (Å²) in [4.78, 5) is 11.7. The van der Waals surface area contributed by atoms with Crippen molar-refractivity contribution in [3.05, 3.63) is 65.7 Å². The molecule has 0 aliphatic rings. The van der Waals surface area contributed by atoms with E-state index < -0.39 is 6.10 Å². The van der Waals surface area contributed by atoms with Crippen LogP contribution >= 0.6 is 0 Å². The smallest absolute Gasteiger partial charge is 0.314 e. The van der Waals surface area contributed by atoms with Crippen molar-refractivity contribution < 1.29 is 14.6 Å². The lowest BCUT2D eigenvalue weighted by Gasteiger charge is -2.13. The van der Waals surface area contributed by atoms with Crippen molar-refractivity contribution in [2.24, 2.45) is 0 Å². The monoisotopic (exact) mass is 328 g/mol. The molecule has 0 saturated heterocycles. The van der Waals surface area contributed by atoms with Gasteiger partial charge in [-0.25, -0.2) is 4.79 Å². The molecular formula is C19H24N2O3. The zero-order valence-corrected chi connectivity index (χ0v) is 13.9. The van der Waals surface area contributed by atoms with E-state index in [-0.39, 0.29) is 6.03 Å². The molecule has 3 N–H and O–H groups in total. The van der Waals surface area contributed by atoms with Crippen LogP contribution in [0.4, 0.5) is 4.79 Å². The SMILES string of the molecule is Cc1ccccc1OCCNC(=O)NCCC(O)c1ccccc1. The molecule has 0 aliphatic carbocycles. The molecule has 0 fully saturated rings. The van der Waals surface area contributed by atoms with Crippen molar-refractivity contribution in [1.82, 2.24) is 10.6 Å². The van der Waals surface area contributed by atoms with Crippen LogP contribution in [0.5, 0.6) is 5.75 Å². The van der Waals surface area contributed by atoms with Gasteiger partial charge in [0.05, 0.1) is 12.6 Å². The minimum absolute atomic E-state index is 0.261. The Labute approximate surface area is 142 Å². The normalized spacial score (nSPS) is 11.6. The van der Waals surface area contributed by atoms with E-state index in [0.29, 0.717) is 26.1 Å². The molecule has 128 valence electrons. The standard InChI is InChI=1S/C19H24N2O3/c1-15-7-5-6-10-18(15)24-14-13-21-19(23)20-12-11-17(22)16-8-3-2-4-9-16/h2-10,17,22H,11-14H2,1H3,(H2,20,21,23). The Bertz CT molecular complexity index is 632. The zero-order chi connectivity index (χ0) is 17.2. The number of aryl methyl sites for hydroxylation is 1. The highest BCUT2D eigenvalue weighted by Crippen LogP contribution is 2.16. The number of hydrogen-bond acceptors (Lipinski definition) is 3. The fourth-order valence-electron chi connectivity index (χ4n) is 2.27. The van der Waals surface area contributed by atoms with Gasteiger partial charge in [0.2, 0.25) is 0 Å². The first-order chi connectivity index (χ1) is 11.7. The number of hydrogen-bond donors (Lipinski definition) is 3. The number of benzene rings is 2. The first-order valence-corrected chi connectivity index (χ1v) is 8.10. The number of aliphatic hydroxyl groups is 1. The molecule has 2 aromatic carbocycles. The number of carbonyl (C=O) groups is 1. The van der Waals surface area contributed by atoms with Gasteiger partial charge in [0.25, 0.3) is 0 Å². The third-order valence-corrected chi connectivity index (χ3v) is 3.63. The van der Waals surface area contributed by atoms with E-state index in [4.69, 9.17) is 4.74 Å². The maximum Gasteiger partial charge on any atom is 0.314 e. The van der Waals surface area contributed by atoms with Crippen molar-refractivity contribution in [2.75, 3.05) is 19.7 Å². The highest BCUT2D eigenvalue weighted by molar-refractivity contribution is 5.73. The van der Waals surface area contributed by atoms with Crippen LogP contribution in [-0.2, 0) is 0 Å². The van der Waals surface area contributed by atoms with E-state index in [9.17, 15) is 9.90 Å². The second kappa shape index (κ2) is 9.57. The molecule has 0 bridgehead atoms. The zero-order valence-electron chi connectivity index (χ0n) is 13.9. The van der Waals surface area contributed by atoms with E-state index >= 15 is 0 Å². The number of para-hydroxylation sites is 1. The molecule has 5 heteroatoms. The summed E-state index contributed by atoms with van der Waals surface area (Å²) >= 11 is 0. The average Bonchev–Trinajstić information content (AvgIpc) is 2.61. The topological polar surface area (TPSA) is 70.6 Å². The van der Waals surface area contributed by atoms with Crippen molar-refractivity contribution >= 4 is 6.03 Å². The van der Waals surface area contributed by atoms with Crippen molar-refractivity contribution in [3.8, 4) is 5.75 Å². The maximum atomic E-state index is 11.7. The predicted molar refractivity (Wildman–Crippen MR) is 94.1 cm³/mol. The van der Waals surface area contributed by atoms with Gasteiger partial charge in [-0.05, 0) is 30.5 Å². The Kier molecular flexibility index (Phi) is 7.11. The van der Waals surface area contributed by atoms with Crippen molar-refractivity contribution in [3.63, 3.8) is 0 Å². The van der Waals surface area contributed by atoms with Gasteiger partial charge in [-0.2, -0.15) is 0 Å². The van der Waals surface area contributed by atoms with Gasteiger partial charge in [-0.3, -0.25) is 0 Å². The average molecular weight is 328 g/mol. The molecule has 0 heterocycles. The van der Waals surface area contributed by atoms with Gasteiger partial charge >= 0.3 is 6.03 Å². The summed E-state index contributed by atoms with van der Waals surface area (Å²) in [6, 6.07) is 16.9. The molecule has 2 amide bonds. The van der Waals surface area contributed by atoms with Crippen LogP contribution in [-0.4, -0.2) is 30.8 Å². The molecule has 0 saturated carbocycles. The van der Waals surface area contributed by atoms with Gasteiger partial charge in [-0.15, -0.1) is 0 Å². The number of carbonyl (C=O) groups excluding carboxylic acids is 1. The van der Waals surface area contributed by atoms with Crippen LogP contribution in [0.15, 0.2) is 54.6 Å². The Morgan fingerprint density at radius 1 is 1.04 bits per heavy atom. The molecular weight excluding hydrogens is 304 g/mol. The minimum atomic E-state index is -0.573. The number of nitrogens with one attached hydrogen (secondary N) is 2. The lowest BCUT2D eigenvalue weighted by molar-refractivity contribution is 0.166. The second-order valence-corrected chi connectivity index (χ2v) is 5.51. The summed E-state index contributed by atoms with van der Waals surface area (Å²) in [6.07, 6.45) is -0.104. The van der Waals surface area contributed by atoms with Crippen LogP contribution < -0.4 is 15.4 Å². The van der Waals surface area contributed by atoms with Gasteiger partial charge in [0.15, 0.2) is 0 Å². The van der Waals surface area contributed by atoms with Gasteiger partial charge in [0.1, 0.15) is 12.4 Å². The molecule has 1 atom stereocenters. The van der Waals surface area contributed by atoms with E-state index in [2.05, 4.69) is 10.6 Å². The van der Waals surface area contributed by atoms with Crippen molar-refractivity contribution in [2.45, 2.75) is 19.4 Å². The van der Waals surface area contributed by atoms with Gasteiger partial charge in [-0.1, -0.05) is 48.5 Å². The Balaban J connectivity index is 1.58. The third-order valence-electron chi connectivity index (χ3n) is 3.63. The Morgan fingerprint density at radius 2 is 1.71 bits per heavy atom. The van der Waals surface area contributed by atoms with Crippen molar-refractivity contribution in [1.29, 1.82) is 0 Å².